The quantitative estimate of drug-likeness (QED) is 0.660. The number of nitrogens with one attached hydrogen (secondary N) is 4. The van der Waals surface area contributed by atoms with E-state index in [1.165, 1.54) is 12.8 Å². The van der Waals surface area contributed by atoms with Gasteiger partial charge in [0.25, 0.3) is 0 Å². The monoisotopic (exact) mass is 346 g/mol. The maximum atomic E-state index is 11.9. The lowest BCUT2D eigenvalue weighted by Crippen LogP contribution is -2.36. The van der Waals surface area contributed by atoms with E-state index in [1.807, 2.05) is 0 Å². The fourth-order valence-corrected chi connectivity index (χ4v) is 3.25. The number of hydrogen-bond acceptors (Lipinski definition) is 3. The van der Waals surface area contributed by atoms with Gasteiger partial charge < -0.3 is 26.0 Å². The van der Waals surface area contributed by atoms with Crippen LogP contribution in [0, 0.1) is 0 Å². The van der Waals surface area contributed by atoms with Crippen LogP contribution in [0.1, 0.15) is 38.5 Å². The van der Waals surface area contributed by atoms with E-state index in [1.54, 1.807) is 24.3 Å². The smallest absolute Gasteiger partial charge is 0.319 e. The van der Waals surface area contributed by atoms with Crippen LogP contribution in [0.2, 0.25) is 0 Å². The molecular weight excluding hydrogens is 320 g/mol. The first kappa shape index (κ1) is 17.5. The van der Waals surface area contributed by atoms with Crippen molar-refractivity contribution in [1.29, 1.82) is 0 Å². The molecule has 2 fully saturated rings. The Morgan fingerprint density at radius 2 is 1.56 bits per heavy atom. The number of hydrogen-bond donors (Lipinski definition) is 4. The normalized spacial score (nSPS) is 20.2. The number of anilines is 2. The minimum Gasteiger partial charge on any atom is -0.376 e. The maximum Gasteiger partial charge on any atom is 0.319 e. The number of rotatable bonds is 5. The van der Waals surface area contributed by atoms with Crippen molar-refractivity contribution >= 4 is 23.4 Å². The predicted molar refractivity (Wildman–Crippen MR) is 96.8 cm³/mol. The van der Waals surface area contributed by atoms with Crippen LogP contribution in [-0.2, 0) is 4.74 Å². The zero-order chi connectivity index (χ0) is 17.5. The van der Waals surface area contributed by atoms with E-state index in [-0.39, 0.29) is 24.2 Å². The second-order valence-corrected chi connectivity index (χ2v) is 6.63. The molecule has 7 nitrogen and oxygen atoms in total. The summed E-state index contributed by atoms with van der Waals surface area (Å²) in [7, 11) is 0. The highest BCUT2D eigenvalue weighted by atomic mass is 16.5. The molecule has 7 heteroatoms. The Morgan fingerprint density at radius 1 is 0.920 bits per heavy atom. The number of benzene rings is 1. The van der Waals surface area contributed by atoms with Gasteiger partial charge in [-0.3, -0.25) is 0 Å². The third-order valence-corrected chi connectivity index (χ3v) is 4.61. The molecule has 1 aromatic carbocycles. The molecule has 0 radical (unpaired) electrons. The Kier molecular flexibility index (Phi) is 6.11. The topological polar surface area (TPSA) is 91.5 Å². The van der Waals surface area contributed by atoms with Crippen molar-refractivity contribution < 1.29 is 14.3 Å². The van der Waals surface area contributed by atoms with Crippen LogP contribution in [0.25, 0.3) is 0 Å². The van der Waals surface area contributed by atoms with Crippen molar-refractivity contribution in [2.24, 2.45) is 0 Å². The highest BCUT2D eigenvalue weighted by molar-refractivity contribution is 5.91. The van der Waals surface area contributed by atoms with Crippen molar-refractivity contribution in [3.8, 4) is 0 Å². The Hall–Kier alpha value is -2.28. The van der Waals surface area contributed by atoms with Crippen LogP contribution in [0.3, 0.4) is 0 Å². The minimum absolute atomic E-state index is 0.121. The second-order valence-electron chi connectivity index (χ2n) is 6.63. The van der Waals surface area contributed by atoms with Gasteiger partial charge in [0.1, 0.15) is 0 Å². The van der Waals surface area contributed by atoms with E-state index in [0.29, 0.717) is 17.9 Å². The first-order valence-electron chi connectivity index (χ1n) is 9.03. The van der Waals surface area contributed by atoms with Gasteiger partial charge in [0, 0.05) is 30.6 Å². The first-order valence-corrected chi connectivity index (χ1v) is 9.03. The molecule has 25 heavy (non-hydrogen) atoms. The number of carbonyl (C=O) groups is 2. The lowest BCUT2D eigenvalue weighted by Gasteiger charge is -2.14. The number of ether oxygens (including phenoxy) is 1. The molecule has 3 rings (SSSR count). The Bertz CT molecular complexity index is 578. The van der Waals surface area contributed by atoms with Crippen LogP contribution in [-0.4, -0.2) is 37.4 Å². The average molecular weight is 346 g/mol. The largest absolute Gasteiger partial charge is 0.376 e. The Labute approximate surface area is 147 Å². The SMILES string of the molecule is O=C(NC[C@H]1CCCO1)Nc1ccc(NC(=O)NC2CCCC2)cc1. The third-order valence-electron chi connectivity index (χ3n) is 4.61. The van der Waals surface area contributed by atoms with Crippen molar-refractivity contribution in [3.05, 3.63) is 24.3 Å². The van der Waals surface area contributed by atoms with Gasteiger partial charge in [-0.05, 0) is 49.9 Å². The molecule has 1 atom stereocenters. The van der Waals surface area contributed by atoms with Crippen LogP contribution in [0.15, 0.2) is 24.3 Å². The van der Waals surface area contributed by atoms with E-state index in [4.69, 9.17) is 4.74 Å². The molecule has 1 aromatic rings. The highest BCUT2D eigenvalue weighted by Crippen LogP contribution is 2.18. The second kappa shape index (κ2) is 8.71. The maximum absolute atomic E-state index is 11.9. The standard InChI is InChI=1S/C18H26N4O3/c23-17(19-12-16-6-3-11-25-16)20-14-7-9-15(10-8-14)22-18(24)21-13-4-1-2-5-13/h7-10,13,16H,1-6,11-12H2,(H2,19,20,23)(H2,21,22,24)/t16-/m1/s1. The van der Waals surface area contributed by atoms with Crippen molar-refractivity contribution in [2.45, 2.75) is 50.7 Å². The van der Waals surface area contributed by atoms with E-state index in [0.717, 1.165) is 32.3 Å². The van der Waals surface area contributed by atoms with Crippen molar-refractivity contribution in [2.75, 3.05) is 23.8 Å². The molecule has 0 spiro atoms. The van der Waals surface area contributed by atoms with Gasteiger partial charge in [-0.1, -0.05) is 12.8 Å². The zero-order valence-electron chi connectivity index (χ0n) is 14.3. The van der Waals surface area contributed by atoms with Crippen LogP contribution < -0.4 is 21.3 Å². The van der Waals surface area contributed by atoms with Gasteiger partial charge in [-0.25, -0.2) is 9.59 Å². The molecule has 0 unspecified atom stereocenters. The average Bonchev–Trinajstić information content (AvgIpc) is 3.28. The molecule has 0 bridgehead atoms. The van der Waals surface area contributed by atoms with Gasteiger partial charge >= 0.3 is 12.1 Å². The van der Waals surface area contributed by atoms with Crippen LogP contribution in [0.5, 0.6) is 0 Å². The van der Waals surface area contributed by atoms with Gasteiger partial charge in [0.15, 0.2) is 0 Å². The lowest BCUT2D eigenvalue weighted by atomic mass is 10.2. The molecule has 4 amide bonds. The molecule has 1 saturated heterocycles. The van der Waals surface area contributed by atoms with Gasteiger partial charge in [-0.2, -0.15) is 0 Å². The molecule has 1 heterocycles. The molecule has 0 aromatic heterocycles. The summed E-state index contributed by atoms with van der Waals surface area (Å²) in [5, 5.41) is 11.4. The summed E-state index contributed by atoms with van der Waals surface area (Å²) in [6.45, 7) is 1.30. The number of urea groups is 2. The minimum atomic E-state index is -0.254. The molecular formula is C18H26N4O3. The summed E-state index contributed by atoms with van der Waals surface area (Å²) in [4.78, 5) is 23.8. The molecule has 1 aliphatic heterocycles. The number of carbonyl (C=O) groups excluding carboxylic acids is 2. The van der Waals surface area contributed by atoms with E-state index in [9.17, 15) is 9.59 Å². The van der Waals surface area contributed by atoms with E-state index >= 15 is 0 Å². The lowest BCUT2D eigenvalue weighted by molar-refractivity contribution is 0.112. The van der Waals surface area contributed by atoms with Crippen molar-refractivity contribution in [3.63, 3.8) is 0 Å². The molecule has 1 aliphatic carbocycles. The summed E-state index contributed by atoms with van der Waals surface area (Å²) < 4.78 is 5.47. The van der Waals surface area contributed by atoms with E-state index in [2.05, 4.69) is 21.3 Å². The summed E-state index contributed by atoms with van der Waals surface area (Å²) in [5.41, 5.74) is 1.37. The van der Waals surface area contributed by atoms with Crippen LogP contribution in [0.4, 0.5) is 21.0 Å². The molecule has 4 N–H and O–H groups in total. The fraction of sp³-hybridized carbons (Fsp3) is 0.556. The molecule has 136 valence electrons. The zero-order valence-corrected chi connectivity index (χ0v) is 14.3. The molecule has 1 saturated carbocycles. The van der Waals surface area contributed by atoms with Gasteiger partial charge in [0.2, 0.25) is 0 Å². The Morgan fingerprint density at radius 3 is 2.16 bits per heavy atom. The van der Waals surface area contributed by atoms with Gasteiger partial charge in [-0.15, -0.1) is 0 Å². The summed E-state index contributed by atoms with van der Waals surface area (Å²) in [6, 6.07) is 6.91. The van der Waals surface area contributed by atoms with Crippen LogP contribution >= 0.6 is 0 Å². The Balaban J connectivity index is 1.40. The summed E-state index contributed by atoms with van der Waals surface area (Å²) >= 11 is 0. The predicted octanol–water partition coefficient (Wildman–Crippen LogP) is 3.05. The third kappa shape index (κ3) is 5.63. The first-order chi connectivity index (χ1) is 12.2. The summed E-state index contributed by atoms with van der Waals surface area (Å²) in [6.07, 6.45) is 6.63. The molecule has 2 aliphatic rings. The van der Waals surface area contributed by atoms with Crippen molar-refractivity contribution in [1.82, 2.24) is 10.6 Å². The summed E-state index contributed by atoms with van der Waals surface area (Å²) in [5.74, 6) is 0. The number of amides is 4. The fourth-order valence-electron chi connectivity index (χ4n) is 3.25. The highest BCUT2D eigenvalue weighted by Gasteiger charge is 2.17. The van der Waals surface area contributed by atoms with Gasteiger partial charge in [0.05, 0.1) is 6.10 Å². The van der Waals surface area contributed by atoms with E-state index < -0.39 is 0 Å².